The summed E-state index contributed by atoms with van der Waals surface area (Å²) in [6, 6.07) is 18.9. The fourth-order valence-electron chi connectivity index (χ4n) is 2.84. The number of carbonyl (C=O) groups excluding carboxylic acids is 2. The Labute approximate surface area is 192 Å². The molecular weight excluding hydrogens is 430 g/mol. The van der Waals surface area contributed by atoms with Gasteiger partial charge in [-0.25, -0.2) is 4.79 Å². The minimum Gasteiger partial charge on any atom is -0.493 e. The average Bonchev–Trinajstić information content (AvgIpc) is 2.82. The summed E-state index contributed by atoms with van der Waals surface area (Å²) in [5.74, 6) is 0.270. The predicted octanol–water partition coefficient (Wildman–Crippen LogP) is 5.75. The second-order valence-electron chi connectivity index (χ2n) is 6.95. The molecule has 3 rings (SSSR count). The SMILES string of the molecule is CCCOC(=O)c1ccc(NC(=O)c2ccc(OCc3ccc(Cl)cc3)c(OC)c2)cc1. The molecule has 0 atom stereocenters. The van der Waals surface area contributed by atoms with Gasteiger partial charge >= 0.3 is 5.97 Å². The summed E-state index contributed by atoms with van der Waals surface area (Å²) in [6.07, 6.45) is 0.758. The minimum absolute atomic E-state index is 0.311. The van der Waals surface area contributed by atoms with Crippen molar-refractivity contribution in [2.24, 2.45) is 0 Å². The van der Waals surface area contributed by atoms with E-state index in [1.54, 1.807) is 54.6 Å². The van der Waals surface area contributed by atoms with Crippen molar-refractivity contribution in [3.05, 3.63) is 88.4 Å². The van der Waals surface area contributed by atoms with Crippen molar-refractivity contribution in [1.29, 1.82) is 0 Å². The van der Waals surface area contributed by atoms with Crippen molar-refractivity contribution in [3.8, 4) is 11.5 Å². The van der Waals surface area contributed by atoms with Crippen LogP contribution in [-0.4, -0.2) is 25.6 Å². The maximum Gasteiger partial charge on any atom is 0.338 e. The number of hydrogen-bond acceptors (Lipinski definition) is 5. The molecule has 0 aromatic heterocycles. The van der Waals surface area contributed by atoms with Crippen LogP contribution in [0, 0.1) is 0 Å². The Morgan fingerprint density at radius 3 is 2.25 bits per heavy atom. The lowest BCUT2D eigenvalue weighted by molar-refractivity contribution is 0.0505. The van der Waals surface area contributed by atoms with E-state index in [-0.39, 0.29) is 11.9 Å². The van der Waals surface area contributed by atoms with Gasteiger partial charge in [0, 0.05) is 16.3 Å². The van der Waals surface area contributed by atoms with Gasteiger partial charge < -0.3 is 19.5 Å². The number of nitrogens with one attached hydrogen (secondary N) is 1. The summed E-state index contributed by atoms with van der Waals surface area (Å²) in [4.78, 5) is 24.5. The third-order valence-corrected chi connectivity index (χ3v) is 4.80. The van der Waals surface area contributed by atoms with E-state index < -0.39 is 0 Å². The Kier molecular flexibility index (Phi) is 8.11. The van der Waals surface area contributed by atoms with Gasteiger partial charge in [0.2, 0.25) is 0 Å². The molecule has 166 valence electrons. The summed E-state index contributed by atoms with van der Waals surface area (Å²) in [5, 5.41) is 3.46. The molecule has 0 saturated heterocycles. The molecule has 0 spiro atoms. The van der Waals surface area contributed by atoms with Gasteiger partial charge in [-0.2, -0.15) is 0 Å². The lowest BCUT2D eigenvalue weighted by Crippen LogP contribution is -2.12. The summed E-state index contributed by atoms with van der Waals surface area (Å²) < 4.78 is 16.3. The first-order valence-corrected chi connectivity index (χ1v) is 10.5. The van der Waals surface area contributed by atoms with Crippen LogP contribution in [0.2, 0.25) is 5.02 Å². The molecule has 0 aliphatic carbocycles. The van der Waals surface area contributed by atoms with Crippen molar-refractivity contribution in [2.45, 2.75) is 20.0 Å². The van der Waals surface area contributed by atoms with Crippen LogP contribution in [-0.2, 0) is 11.3 Å². The van der Waals surface area contributed by atoms with Gasteiger partial charge in [0.1, 0.15) is 6.61 Å². The quantitative estimate of drug-likeness (QED) is 0.418. The largest absolute Gasteiger partial charge is 0.493 e. The molecule has 0 radical (unpaired) electrons. The monoisotopic (exact) mass is 453 g/mol. The normalized spacial score (nSPS) is 10.3. The summed E-state index contributed by atoms with van der Waals surface area (Å²) >= 11 is 5.90. The molecule has 0 aliphatic heterocycles. The third-order valence-electron chi connectivity index (χ3n) is 4.55. The van der Waals surface area contributed by atoms with E-state index in [0.717, 1.165) is 12.0 Å². The van der Waals surface area contributed by atoms with Crippen LogP contribution in [0.15, 0.2) is 66.7 Å². The fourth-order valence-corrected chi connectivity index (χ4v) is 2.97. The van der Waals surface area contributed by atoms with E-state index in [1.165, 1.54) is 7.11 Å². The molecule has 0 saturated carbocycles. The van der Waals surface area contributed by atoms with E-state index in [9.17, 15) is 9.59 Å². The Morgan fingerprint density at radius 2 is 1.59 bits per heavy atom. The van der Waals surface area contributed by atoms with Crippen LogP contribution >= 0.6 is 11.6 Å². The first-order valence-electron chi connectivity index (χ1n) is 10.1. The number of carbonyl (C=O) groups is 2. The Hall–Kier alpha value is -3.51. The van der Waals surface area contributed by atoms with Crippen molar-refractivity contribution in [3.63, 3.8) is 0 Å². The third kappa shape index (κ3) is 6.25. The van der Waals surface area contributed by atoms with E-state index in [2.05, 4.69) is 5.32 Å². The van der Waals surface area contributed by atoms with Crippen LogP contribution in [0.3, 0.4) is 0 Å². The summed E-state index contributed by atoms with van der Waals surface area (Å²) in [6.45, 7) is 2.64. The van der Waals surface area contributed by atoms with Gasteiger partial charge in [0.25, 0.3) is 5.91 Å². The maximum atomic E-state index is 12.7. The predicted molar refractivity (Wildman–Crippen MR) is 124 cm³/mol. The number of ether oxygens (including phenoxy) is 3. The second-order valence-corrected chi connectivity index (χ2v) is 7.38. The average molecular weight is 454 g/mol. The number of benzene rings is 3. The molecule has 3 aromatic carbocycles. The molecule has 7 heteroatoms. The van der Waals surface area contributed by atoms with E-state index in [0.29, 0.717) is 46.5 Å². The number of methoxy groups -OCH3 is 1. The van der Waals surface area contributed by atoms with Crippen molar-refractivity contribution >= 4 is 29.2 Å². The van der Waals surface area contributed by atoms with Crippen LogP contribution in [0.5, 0.6) is 11.5 Å². The highest BCUT2D eigenvalue weighted by atomic mass is 35.5. The number of anilines is 1. The first kappa shape index (κ1) is 23.2. The van der Waals surface area contributed by atoms with Crippen molar-refractivity contribution in [2.75, 3.05) is 19.0 Å². The lowest BCUT2D eigenvalue weighted by atomic mass is 10.1. The topological polar surface area (TPSA) is 73.9 Å². The Balaban J connectivity index is 1.63. The molecule has 0 unspecified atom stereocenters. The zero-order chi connectivity index (χ0) is 22.9. The Morgan fingerprint density at radius 1 is 0.906 bits per heavy atom. The lowest BCUT2D eigenvalue weighted by Gasteiger charge is -2.13. The molecule has 0 heterocycles. The number of amides is 1. The van der Waals surface area contributed by atoms with Gasteiger partial charge in [-0.3, -0.25) is 4.79 Å². The number of esters is 1. The van der Waals surface area contributed by atoms with Gasteiger partial charge in [0.15, 0.2) is 11.5 Å². The standard InChI is InChI=1S/C25H24ClNO5/c1-3-14-31-25(29)18-6-11-21(12-7-18)27-24(28)19-8-13-22(23(15-19)30-2)32-16-17-4-9-20(26)10-5-17/h4-13,15H,3,14,16H2,1-2H3,(H,27,28). The van der Waals surface area contributed by atoms with E-state index in [1.807, 2.05) is 19.1 Å². The van der Waals surface area contributed by atoms with Crippen LogP contribution < -0.4 is 14.8 Å². The van der Waals surface area contributed by atoms with Gasteiger partial charge in [-0.1, -0.05) is 30.7 Å². The number of halogens is 1. The van der Waals surface area contributed by atoms with Gasteiger partial charge in [-0.15, -0.1) is 0 Å². The number of rotatable bonds is 9. The minimum atomic E-state index is -0.386. The molecular formula is C25H24ClNO5. The van der Waals surface area contributed by atoms with Crippen LogP contribution in [0.4, 0.5) is 5.69 Å². The highest BCUT2D eigenvalue weighted by Crippen LogP contribution is 2.29. The van der Waals surface area contributed by atoms with E-state index in [4.69, 9.17) is 25.8 Å². The molecule has 1 N–H and O–H groups in total. The van der Waals surface area contributed by atoms with Crippen LogP contribution in [0.1, 0.15) is 39.6 Å². The molecule has 32 heavy (non-hydrogen) atoms. The molecule has 0 bridgehead atoms. The van der Waals surface area contributed by atoms with E-state index >= 15 is 0 Å². The van der Waals surface area contributed by atoms with Gasteiger partial charge in [0.05, 0.1) is 19.3 Å². The summed E-state index contributed by atoms with van der Waals surface area (Å²) in [7, 11) is 1.52. The summed E-state index contributed by atoms with van der Waals surface area (Å²) in [5.41, 5.74) is 2.36. The zero-order valence-electron chi connectivity index (χ0n) is 17.9. The highest BCUT2D eigenvalue weighted by Gasteiger charge is 2.13. The van der Waals surface area contributed by atoms with Crippen LogP contribution in [0.25, 0.3) is 0 Å². The molecule has 1 amide bonds. The zero-order valence-corrected chi connectivity index (χ0v) is 18.6. The number of hydrogen-bond donors (Lipinski definition) is 1. The molecule has 3 aromatic rings. The smallest absolute Gasteiger partial charge is 0.338 e. The fraction of sp³-hybridized carbons (Fsp3) is 0.200. The molecule has 0 aliphatic rings. The van der Waals surface area contributed by atoms with Crippen molar-refractivity contribution in [1.82, 2.24) is 0 Å². The van der Waals surface area contributed by atoms with Crippen molar-refractivity contribution < 1.29 is 23.8 Å². The maximum absolute atomic E-state index is 12.7. The molecule has 0 fully saturated rings. The second kappa shape index (κ2) is 11.2. The Bertz CT molecular complexity index is 1060. The molecule has 6 nitrogen and oxygen atoms in total. The highest BCUT2D eigenvalue weighted by molar-refractivity contribution is 6.30. The first-order chi connectivity index (χ1) is 15.5. The van der Waals surface area contributed by atoms with Gasteiger partial charge in [-0.05, 0) is 66.6 Å².